The summed E-state index contributed by atoms with van der Waals surface area (Å²) in [6.45, 7) is 4.10. The summed E-state index contributed by atoms with van der Waals surface area (Å²) in [7, 11) is 0. The lowest BCUT2D eigenvalue weighted by atomic mass is 9.94. The fraction of sp³-hybridized carbons (Fsp3) is 0.938. The van der Waals surface area contributed by atoms with Crippen LogP contribution in [-0.4, -0.2) is 59.2 Å². The highest BCUT2D eigenvalue weighted by Crippen LogP contribution is 2.27. The van der Waals surface area contributed by atoms with E-state index in [9.17, 15) is 9.90 Å². The summed E-state index contributed by atoms with van der Waals surface area (Å²) in [6, 6.07) is 0.705. The number of hydrogen-bond donors (Lipinski definition) is 2. The van der Waals surface area contributed by atoms with E-state index < -0.39 is 5.60 Å². The van der Waals surface area contributed by atoms with Gasteiger partial charge in [-0.2, -0.15) is 11.8 Å². The number of amides is 1. The number of rotatable bonds is 6. The van der Waals surface area contributed by atoms with Crippen LogP contribution in [0.4, 0.5) is 0 Å². The van der Waals surface area contributed by atoms with E-state index in [1.807, 2.05) is 6.26 Å². The lowest BCUT2D eigenvalue weighted by Crippen LogP contribution is -2.45. The molecule has 1 aliphatic carbocycles. The standard InChI is InChI=1S/C16H30N2O2S/c1-16(20,12-21-2)11-17-15(19)13-8-9-18(10-13)14-6-4-3-5-7-14/h13-14,20H,3-12H2,1-2H3,(H,17,19). The summed E-state index contributed by atoms with van der Waals surface area (Å²) in [5.41, 5.74) is -0.809. The predicted molar refractivity (Wildman–Crippen MR) is 88.6 cm³/mol. The Morgan fingerprint density at radius 1 is 1.33 bits per heavy atom. The second-order valence-electron chi connectivity index (χ2n) is 6.92. The molecular formula is C16H30N2O2S. The second kappa shape index (κ2) is 7.84. The molecule has 122 valence electrons. The maximum absolute atomic E-state index is 12.3. The Bertz CT molecular complexity index is 343. The number of aliphatic hydroxyl groups is 1. The van der Waals surface area contributed by atoms with Crippen molar-refractivity contribution in [3.63, 3.8) is 0 Å². The van der Waals surface area contributed by atoms with E-state index >= 15 is 0 Å². The molecule has 1 saturated carbocycles. The minimum atomic E-state index is -0.809. The minimum Gasteiger partial charge on any atom is -0.387 e. The van der Waals surface area contributed by atoms with Crippen molar-refractivity contribution in [2.75, 3.05) is 31.6 Å². The Labute approximate surface area is 133 Å². The van der Waals surface area contributed by atoms with Crippen LogP contribution in [0.5, 0.6) is 0 Å². The molecule has 0 radical (unpaired) electrons. The zero-order chi connectivity index (χ0) is 15.3. The lowest BCUT2D eigenvalue weighted by molar-refractivity contribution is -0.125. The van der Waals surface area contributed by atoms with Crippen molar-refractivity contribution < 1.29 is 9.90 Å². The van der Waals surface area contributed by atoms with Crippen LogP contribution in [0.25, 0.3) is 0 Å². The Morgan fingerprint density at radius 3 is 2.71 bits per heavy atom. The minimum absolute atomic E-state index is 0.108. The molecule has 1 aliphatic heterocycles. The van der Waals surface area contributed by atoms with Gasteiger partial charge in [-0.3, -0.25) is 9.69 Å². The highest BCUT2D eigenvalue weighted by molar-refractivity contribution is 7.98. The van der Waals surface area contributed by atoms with E-state index in [0.29, 0.717) is 18.3 Å². The Balaban J connectivity index is 1.74. The van der Waals surface area contributed by atoms with Crippen molar-refractivity contribution in [2.24, 2.45) is 5.92 Å². The van der Waals surface area contributed by atoms with Crippen LogP contribution in [0, 0.1) is 5.92 Å². The molecule has 4 nitrogen and oxygen atoms in total. The number of nitrogens with one attached hydrogen (secondary N) is 1. The second-order valence-corrected chi connectivity index (χ2v) is 7.79. The van der Waals surface area contributed by atoms with Gasteiger partial charge in [0.25, 0.3) is 0 Å². The predicted octanol–water partition coefficient (Wildman–Crippen LogP) is 1.87. The van der Waals surface area contributed by atoms with E-state index in [1.54, 1.807) is 18.7 Å². The average Bonchev–Trinajstić information content (AvgIpc) is 2.96. The number of hydrogen-bond acceptors (Lipinski definition) is 4. The topological polar surface area (TPSA) is 52.6 Å². The Morgan fingerprint density at radius 2 is 2.05 bits per heavy atom. The SMILES string of the molecule is CSCC(C)(O)CNC(=O)C1CCN(C2CCCCC2)C1. The lowest BCUT2D eigenvalue weighted by Gasteiger charge is -2.31. The van der Waals surface area contributed by atoms with Crippen molar-refractivity contribution in [3.8, 4) is 0 Å². The van der Waals surface area contributed by atoms with E-state index in [2.05, 4.69) is 10.2 Å². The first-order valence-corrected chi connectivity index (χ1v) is 9.64. The molecule has 2 rings (SSSR count). The molecule has 2 unspecified atom stereocenters. The van der Waals surface area contributed by atoms with Crippen molar-refractivity contribution in [2.45, 2.75) is 57.1 Å². The van der Waals surface area contributed by atoms with Gasteiger partial charge in [0.15, 0.2) is 0 Å². The van der Waals surface area contributed by atoms with E-state index in [1.165, 1.54) is 32.1 Å². The molecule has 5 heteroatoms. The van der Waals surface area contributed by atoms with Crippen LogP contribution in [0.1, 0.15) is 45.4 Å². The summed E-state index contributed by atoms with van der Waals surface area (Å²) >= 11 is 1.60. The fourth-order valence-corrected chi connectivity index (χ4v) is 4.29. The summed E-state index contributed by atoms with van der Waals surface area (Å²) in [5.74, 6) is 0.873. The molecule has 0 aromatic carbocycles. The third-order valence-corrected chi connectivity index (χ3v) is 5.69. The van der Waals surface area contributed by atoms with Crippen LogP contribution in [0.2, 0.25) is 0 Å². The zero-order valence-electron chi connectivity index (χ0n) is 13.4. The largest absolute Gasteiger partial charge is 0.387 e. The van der Waals surface area contributed by atoms with Gasteiger partial charge < -0.3 is 10.4 Å². The maximum atomic E-state index is 12.3. The molecule has 2 N–H and O–H groups in total. The van der Waals surface area contributed by atoms with Gasteiger partial charge in [-0.15, -0.1) is 0 Å². The monoisotopic (exact) mass is 314 g/mol. The van der Waals surface area contributed by atoms with Crippen molar-refractivity contribution in [1.29, 1.82) is 0 Å². The number of nitrogens with zero attached hydrogens (tertiary/aromatic N) is 1. The summed E-state index contributed by atoms with van der Waals surface area (Å²) < 4.78 is 0. The molecule has 0 aromatic heterocycles. The van der Waals surface area contributed by atoms with Gasteiger partial charge in [0.05, 0.1) is 11.5 Å². The summed E-state index contributed by atoms with van der Waals surface area (Å²) in [5, 5.41) is 13.1. The summed E-state index contributed by atoms with van der Waals surface area (Å²) in [4.78, 5) is 14.8. The van der Waals surface area contributed by atoms with Gasteiger partial charge in [-0.05, 0) is 39.0 Å². The third kappa shape index (κ3) is 5.15. The first-order chi connectivity index (χ1) is 10.0. The molecule has 1 amide bonds. The fourth-order valence-electron chi connectivity index (χ4n) is 3.56. The molecule has 0 spiro atoms. The Kier molecular flexibility index (Phi) is 6.38. The highest BCUT2D eigenvalue weighted by atomic mass is 32.2. The first-order valence-electron chi connectivity index (χ1n) is 8.25. The van der Waals surface area contributed by atoms with E-state index in [0.717, 1.165) is 19.5 Å². The molecule has 0 aromatic rings. The quantitative estimate of drug-likeness (QED) is 0.786. The molecule has 1 saturated heterocycles. The molecule has 2 aliphatic rings. The maximum Gasteiger partial charge on any atom is 0.224 e. The molecule has 2 fully saturated rings. The van der Waals surface area contributed by atoms with E-state index in [4.69, 9.17) is 0 Å². The Hall–Kier alpha value is -0.260. The van der Waals surface area contributed by atoms with Crippen molar-refractivity contribution in [3.05, 3.63) is 0 Å². The van der Waals surface area contributed by atoms with Crippen molar-refractivity contribution >= 4 is 17.7 Å². The summed E-state index contributed by atoms with van der Waals surface area (Å²) in [6.07, 6.45) is 9.60. The number of thioether (sulfide) groups is 1. The van der Waals surface area contributed by atoms with Crippen LogP contribution in [0.3, 0.4) is 0 Å². The van der Waals surface area contributed by atoms with Gasteiger partial charge in [-0.1, -0.05) is 19.3 Å². The number of likely N-dealkylation sites (tertiary alicyclic amines) is 1. The normalized spacial score (nSPS) is 27.5. The van der Waals surface area contributed by atoms with Crippen LogP contribution < -0.4 is 5.32 Å². The van der Waals surface area contributed by atoms with E-state index in [-0.39, 0.29) is 11.8 Å². The van der Waals surface area contributed by atoms with Crippen LogP contribution in [0.15, 0.2) is 0 Å². The van der Waals surface area contributed by atoms with Gasteiger partial charge in [0, 0.05) is 24.9 Å². The molecule has 0 bridgehead atoms. The van der Waals surface area contributed by atoms with Gasteiger partial charge in [0.2, 0.25) is 5.91 Å². The highest BCUT2D eigenvalue weighted by Gasteiger charge is 2.33. The first kappa shape index (κ1) is 17.1. The number of carbonyl (C=O) groups is 1. The van der Waals surface area contributed by atoms with Crippen LogP contribution >= 0.6 is 11.8 Å². The average molecular weight is 314 g/mol. The third-order valence-electron chi connectivity index (χ3n) is 4.78. The number of carbonyl (C=O) groups excluding carboxylic acids is 1. The molecule has 1 heterocycles. The van der Waals surface area contributed by atoms with Gasteiger partial charge in [0.1, 0.15) is 0 Å². The molecular weight excluding hydrogens is 284 g/mol. The van der Waals surface area contributed by atoms with Crippen molar-refractivity contribution in [1.82, 2.24) is 10.2 Å². The smallest absolute Gasteiger partial charge is 0.224 e. The zero-order valence-corrected chi connectivity index (χ0v) is 14.3. The van der Waals surface area contributed by atoms with Gasteiger partial charge in [-0.25, -0.2) is 0 Å². The molecule has 21 heavy (non-hydrogen) atoms. The molecule has 2 atom stereocenters. The van der Waals surface area contributed by atoms with Gasteiger partial charge >= 0.3 is 0 Å². The van der Waals surface area contributed by atoms with Crippen LogP contribution in [-0.2, 0) is 4.79 Å².